The number of carbonyl (C=O) groups excluding carboxylic acids is 5. The Hall–Kier alpha value is -3.43. The summed E-state index contributed by atoms with van der Waals surface area (Å²) in [5, 5.41) is 8.46. The minimum Gasteiger partial charge on any atom is -0.363 e. The minimum atomic E-state index is -1.09. The summed E-state index contributed by atoms with van der Waals surface area (Å²) in [6.45, 7) is 11.1. The number of hydrogen-bond acceptors (Lipinski definition) is 5. The standard InChI is InChI=1S/C33H51N5O5/c1-31(2,3)27(36-30(43)37-32(4,5)6)29(42)38(21-33(17-10-11-18-33)23-15-8-7-9-16-23)20-25(39)35-24(26(40)28(34)41)19-22-13-12-14-22/h7-9,15-16,22,24,27H,10-14,17-21H2,1-6H3,(H2,34,41)(H,35,39)(H2,36,37,43)/t24?,27-/m1/s1. The van der Waals surface area contributed by atoms with Gasteiger partial charge in [-0.2, -0.15) is 0 Å². The maximum Gasteiger partial charge on any atom is 0.315 e. The van der Waals surface area contributed by atoms with E-state index >= 15 is 0 Å². The summed E-state index contributed by atoms with van der Waals surface area (Å²) in [6, 6.07) is 7.58. The van der Waals surface area contributed by atoms with Gasteiger partial charge in [-0.15, -0.1) is 0 Å². The van der Waals surface area contributed by atoms with Crippen LogP contribution in [-0.2, 0) is 24.6 Å². The van der Waals surface area contributed by atoms with Crippen LogP contribution < -0.4 is 21.7 Å². The summed E-state index contributed by atoms with van der Waals surface area (Å²) >= 11 is 0. The van der Waals surface area contributed by atoms with Crippen LogP contribution in [0.3, 0.4) is 0 Å². The first kappa shape index (κ1) is 34.1. The molecule has 0 aliphatic heterocycles. The van der Waals surface area contributed by atoms with Gasteiger partial charge in [0.05, 0.1) is 12.6 Å². The van der Waals surface area contributed by atoms with E-state index in [0.717, 1.165) is 50.5 Å². The number of amides is 5. The SMILES string of the molecule is CC(C)(C)NC(=O)N[C@H](C(=O)N(CC(=O)NC(CC1CCC1)C(=O)C(N)=O)CC1(c2ccccc2)CCCC1)C(C)(C)C. The van der Waals surface area contributed by atoms with Crippen molar-refractivity contribution in [2.75, 3.05) is 13.1 Å². The number of primary amides is 1. The lowest BCUT2D eigenvalue weighted by Gasteiger charge is -2.40. The van der Waals surface area contributed by atoms with E-state index in [-0.39, 0.29) is 30.3 Å². The van der Waals surface area contributed by atoms with Crippen LogP contribution in [0.5, 0.6) is 0 Å². The van der Waals surface area contributed by atoms with Crippen molar-refractivity contribution in [2.24, 2.45) is 17.1 Å². The van der Waals surface area contributed by atoms with Gasteiger partial charge < -0.3 is 26.6 Å². The van der Waals surface area contributed by atoms with Crippen LogP contribution in [0.4, 0.5) is 4.79 Å². The third-order valence-electron chi connectivity index (χ3n) is 8.65. The van der Waals surface area contributed by atoms with Gasteiger partial charge in [0.15, 0.2) is 0 Å². The monoisotopic (exact) mass is 597 g/mol. The highest BCUT2D eigenvalue weighted by molar-refractivity contribution is 6.37. The molecular weight excluding hydrogens is 546 g/mol. The summed E-state index contributed by atoms with van der Waals surface area (Å²) in [5.74, 6) is -2.61. The molecule has 0 spiro atoms. The zero-order chi connectivity index (χ0) is 32.0. The summed E-state index contributed by atoms with van der Waals surface area (Å²) < 4.78 is 0. The number of rotatable bonds is 12. The average Bonchev–Trinajstić information content (AvgIpc) is 3.36. The van der Waals surface area contributed by atoms with Crippen LogP contribution >= 0.6 is 0 Å². The molecule has 2 saturated carbocycles. The second-order valence-corrected chi connectivity index (χ2v) is 14.6. The van der Waals surface area contributed by atoms with Crippen molar-refractivity contribution in [2.45, 2.75) is 116 Å². The number of Topliss-reactive ketones (excluding diaryl/α,β-unsaturated/α-hetero) is 1. The maximum absolute atomic E-state index is 14.4. The molecule has 3 rings (SSSR count). The normalized spacial score (nSPS) is 18.1. The molecule has 43 heavy (non-hydrogen) atoms. The van der Waals surface area contributed by atoms with Crippen molar-refractivity contribution in [3.8, 4) is 0 Å². The molecule has 0 aromatic heterocycles. The number of carbonyl (C=O) groups is 5. The van der Waals surface area contributed by atoms with E-state index < -0.39 is 46.7 Å². The zero-order valence-corrected chi connectivity index (χ0v) is 26.8. The van der Waals surface area contributed by atoms with Crippen molar-refractivity contribution in [3.05, 3.63) is 35.9 Å². The molecular formula is C33H51N5O5. The van der Waals surface area contributed by atoms with E-state index in [2.05, 4.69) is 28.1 Å². The van der Waals surface area contributed by atoms with E-state index in [1.165, 1.54) is 4.90 Å². The van der Waals surface area contributed by atoms with Crippen LogP contribution in [0.2, 0.25) is 0 Å². The van der Waals surface area contributed by atoms with Crippen LogP contribution in [0.1, 0.15) is 98.5 Å². The highest BCUT2D eigenvalue weighted by Crippen LogP contribution is 2.42. The Morgan fingerprint density at radius 2 is 1.53 bits per heavy atom. The summed E-state index contributed by atoms with van der Waals surface area (Å²) in [6.07, 6.45) is 6.94. The summed E-state index contributed by atoms with van der Waals surface area (Å²) in [5.41, 5.74) is 4.87. The Morgan fingerprint density at radius 1 is 0.930 bits per heavy atom. The molecule has 1 aromatic rings. The highest BCUT2D eigenvalue weighted by atomic mass is 16.2. The smallest absolute Gasteiger partial charge is 0.315 e. The number of urea groups is 1. The summed E-state index contributed by atoms with van der Waals surface area (Å²) in [7, 11) is 0. The largest absolute Gasteiger partial charge is 0.363 e. The molecule has 2 aliphatic carbocycles. The Kier molecular flexibility index (Phi) is 11.0. The van der Waals surface area contributed by atoms with Crippen molar-refractivity contribution in [1.29, 1.82) is 0 Å². The molecule has 0 saturated heterocycles. The molecule has 238 valence electrons. The highest BCUT2D eigenvalue weighted by Gasteiger charge is 2.43. The van der Waals surface area contributed by atoms with E-state index in [1.807, 2.05) is 59.7 Å². The lowest BCUT2D eigenvalue weighted by molar-refractivity contribution is -0.142. The van der Waals surface area contributed by atoms with Gasteiger partial charge in [-0.05, 0) is 56.9 Å². The molecule has 1 unspecified atom stereocenters. The predicted octanol–water partition coefficient (Wildman–Crippen LogP) is 3.57. The molecule has 1 aromatic carbocycles. The molecule has 5 N–H and O–H groups in total. The maximum atomic E-state index is 14.4. The van der Waals surface area contributed by atoms with Gasteiger partial charge in [0.2, 0.25) is 17.6 Å². The van der Waals surface area contributed by atoms with Gasteiger partial charge in [-0.3, -0.25) is 19.2 Å². The summed E-state index contributed by atoms with van der Waals surface area (Å²) in [4.78, 5) is 66.9. The molecule has 0 heterocycles. The van der Waals surface area contributed by atoms with E-state index in [1.54, 1.807) is 0 Å². The molecule has 2 atom stereocenters. The van der Waals surface area contributed by atoms with Gasteiger partial charge in [0, 0.05) is 17.5 Å². The van der Waals surface area contributed by atoms with Crippen molar-refractivity contribution >= 4 is 29.5 Å². The molecule has 2 fully saturated rings. The fourth-order valence-corrected chi connectivity index (χ4v) is 6.18. The Morgan fingerprint density at radius 3 is 2.02 bits per heavy atom. The quantitative estimate of drug-likeness (QED) is 0.272. The fraction of sp³-hybridized carbons (Fsp3) is 0.667. The predicted molar refractivity (Wildman–Crippen MR) is 166 cm³/mol. The van der Waals surface area contributed by atoms with Crippen LogP contribution in [0, 0.1) is 11.3 Å². The first-order chi connectivity index (χ1) is 20.0. The lowest BCUT2D eigenvalue weighted by atomic mass is 9.77. The Balaban J connectivity index is 1.93. The van der Waals surface area contributed by atoms with E-state index in [0.29, 0.717) is 6.42 Å². The van der Waals surface area contributed by atoms with Crippen molar-refractivity contribution in [1.82, 2.24) is 20.9 Å². The van der Waals surface area contributed by atoms with Crippen LogP contribution in [0.15, 0.2) is 30.3 Å². The number of nitrogens with one attached hydrogen (secondary N) is 3. The Bertz CT molecular complexity index is 1160. The lowest BCUT2D eigenvalue weighted by Crippen LogP contribution is -2.61. The van der Waals surface area contributed by atoms with Gasteiger partial charge in [-0.25, -0.2) is 4.79 Å². The van der Waals surface area contributed by atoms with Crippen LogP contribution in [0.25, 0.3) is 0 Å². The molecule has 10 nitrogen and oxygen atoms in total. The van der Waals surface area contributed by atoms with Gasteiger partial charge in [0.1, 0.15) is 6.04 Å². The molecule has 10 heteroatoms. The van der Waals surface area contributed by atoms with Crippen molar-refractivity contribution < 1.29 is 24.0 Å². The number of benzene rings is 1. The first-order valence-corrected chi connectivity index (χ1v) is 15.6. The number of nitrogens with two attached hydrogens (primary N) is 1. The Labute approximate surface area is 256 Å². The van der Waals surface area contributed by atoms with Gasteiger partial charge >= 0.3 is 6.03 Å². The topological polar surface area (TPSA) is 151 Å². The van der Waals surface area contributed by atoms with E-state index in [9.17, 15) is 24.0 Å². The zero-order valence-electron chi connectivity index (χ0n) is 26.8. The number of hydrogen-bond donors (Lipinski definition) is 4. The molecule has 5 amide bonds. The molecule has 2 aliphatic rings. The average molecular weight is 598 g/mol. The van der Waals surface area contributed by atoms with E-state index in [4.69, 9.17) is 5.73 Å². The number of ketones is 1. The minimum absolute atomic E-state index is 0.238. The third kappa shape index (κ3) is 9.53. The second-order valence-electron chi connectivity index (χ2n) is 14.6. The van der Waals surface area contributed by atoms with Gasteiger partial charge in [0.25, 0.3) is 5.91 Å². The number of nitrogens with zero attached hydrogens (tertiary/aromatic N) is 1. The molecule has 0 bridgehead atoms. The van der Waals surface area contributed by atoms with Crippen molar-refractivity contribution in [3.63, 3.8) is 0 Å². The third-order valence-corrected chi connectivity index (χ3v) is 8.65. The fourth-order valence-electron chi connectivity index (χ4n) is 6.18. The first-order valence-electron chi connectivity index (χ1n) is 15.6. The molecule has 0 radical (unpaired) electrons. The second kappa shape index (κ2) is 13.9. The van der Waals surface area contributed by atoms with Crippen LogP contribution in [-0.4, -0.2) is 65.1 Å². The van der Waals surface area contributed by atoms with Gasteiger partial charge in [-0.1, -0.05) is 83.2 Å².